The average Bonchev–Trinajstić information content (AvgIpc) is 2.41. The lowest BCUT2D eigenvalue weighted by molar-refractivity contribution is 0.574. The van der Waals surface area contributed by atoms with Gasteiger partial charge in [0.25, 0.3) is 0 Å². The van der Waals surface area contributed by atoms with E-state index in [9.17, 15) is 0 Å². The molecule has 0 aliphatic rings. The maximum atomic E-state index is 4.10. The summed E-state index contributed by atoms with van der Waals surface area (Å²) >= 11 is 0. The number of aryl methyl sites for hydroxylation is 2. The Hall–Kier alpha value is -1.50. The zero-order valence-corrected chi connectivity index (χ0v) is 14.4. The fraction of sp³-hybridized carbons (Fsp3) is 0.474. The molecule has 0 amide bonds. The van der Waals surface area contributed by atoms with Crippen LogP contribution in [0.1, 0.15) is 57.2 Å². The van der Waals surface area contributed by atoms with Crippen LogP contribution in [0.5, 0.6) is 0 Å². The van der Waals surface area contributed by atoms with Crippen molar-refractivity contribution in [2.75, 3.05) is 7.05 Å². The Labute approximate surface area is 126 Å². The van der Waals surface area contributed by atoms with Gasteiger partial charge in [-0.3, -0.25) is 0 Å². The molecular weight excluding hydrogens is 242 g/mol. The van der Waals surface area contributed by atoms with Crippen LogP contribution in [0.15, 0.2) is 36.6 Å². The zero-order valence-electron chi connectivity index (χ0n) is 14.4. The van der Waals surface area contributed by atoms with Crippen molar-refractivity contribution in [1.82, 2.24) is 4.90 Å². The number of hydrogen-bond donors (Lipinski definition) is 0. The van der Waals surface area contributed by atoms with Crippen molar-refractivity contribution >= 4 is 5.70 Å². The monoisotopic (exact) mass is 273 g/mol. The second kappa shape index (κ2) is 9.41. The van der Waals surface area contributed by atoms with Crippen molar-refractivity contribution in [2.24, 2.45) is 0 Å². The lowest BCUT2D eigenvalue weighted by Crippen LogP contribution is -2.15. The normalized spacial score (nSPS) is 10.7. The van der Waals surface area contributed by atoms with Crippen molar-refractivity contribution in [3.05, 3.63) is 53.2 Å². The Morgan fingerprint density at radius 2 is 1.75 bits per heavy atom. The molecule has 0 spiro atoms. The fourth-order valence-electron chi connectivity index (χ4n) is 2.04. The van der Waals surface area contributed by atoms with Gasteiger partial charge in [0.05, 0.1) is 0 Å². The molecule has 0 aromatic heterocycles. The van der Waals surface area contributed by atoms with E-state index in [2.05, 4.69) is 84.3 Å². The molecule has 1 aromatic rings. The van der Waals surface area contributed by atoms with Crippen LogP contribution in [0, 0.1) is 13.8 Å². The van der Waals surface area contributed by atoms with E-state index in [1.807, 2.05) is 0 Å². The minimum atomic E-state index is 0.971. The van der Waals surface area contributed by atoms with Crippen LogP contribution in [-0.4, -0.2) is 11.9 Å². The zero-order chi connectivity index (χ0) is 15.7. The van der Waals surface area contributed by atoms with E-state index in [-0.39, 0.29) is 0 Å². The summed E-state index contributed by atoms with van der Waals surface area (Å²) in [6, 6.07) is 6.58. The van der Waals surface area contributed by atoms with Crippen LogP contribution in [-0.2, 0) is 0 Å². The van der Waals surface area contributed by atoms with E-state index in [0.29, 0.717) is 0 Å². The first-order chi connectivity index (χ1) is 9.42. The molecule has 0 saturated carbocycles. The summed E-state index contributed by atoms with van der Waals surface area (Å²) in [7, 11) is 2.08. The molecule has 0 unspecified atom stereocenters. The summed E-state index contributed by atoms with van der Waals surface area (Å²) in [5, 5.41) is 0. The van der Waals surface area contributed by atoms with Gasteiger partial charge in [0.15, 0.2) is 0 Å². The molecule has 0 bridgehead atoms. The molecule has 1 nitrogen and oxygen atoms in total. The van der Waals surface area contributed by atoms with Crippen LogP contribution in [0.3, 0.4) is 0 Å². The SMILES string of the molecule is C=C(CC)N(C)/C(=C\C)c1ccc(C)cc1C.CCC. The van der Waals surface area contributed by atoms with Gasteiger partial charge in [0.2, 0.25) is 0 Å². The Morgan fingerprint density at radius 1 is 1.20 bits per heavy atom. The first-order valence-electron chi connectivity index (χ1n) is 7.58. The third-order valence-corrected chi connectivity index (χ3v) is 3.18. The molecule has 1 heteroatoms. The molecule has 0 N–H and O–H groups in total. The molecule has 20 heavy (non-hydrogen) atoms. The highest BCUT2D eigenvalue weighted by molar-refractivity contribution is 5.68. The van der Waals surface area contributed by atoms with Crippen molar-refractivity contribution in [3.63, 3.8) is 0 Å². The maximum Gasteiger partial charge on any atom is 0.0438 e. The van der Waals surface area contributed by atoms with Gasteiger partial charge in [-0.1, -0.05) is 63.6 Å². The van der Waals surface area contributed by atoms with E-state index in [0.717, 1.165) is 12.1 Å². The lowest BCUT2D eigenvalue weighted by atomic mass is 10.0. The van der Waals surface area contributed by atoms with Crippen molar-refractivity contribution in [3.8, 4) is 0 Å². The predicted molar refractivity (Wildman–Crippen MR) is 92.7 cm³/mol. The molecular formula is C19H31N. The number of allylic oxidation sites excluding steroid dienone is 2. The summed E-state index contributed by atoms with van der Waals surface area (Å²) in [5.74, 6) is 0. The lowest BCUT2D eigenvalue weighted by Gasteiger charge is -2.25. The van der Waals surface area contributed by atoms with Gasteiger partial charge in [-0.2, -0.15) is 0 Å². The van der Waals surface area contributed by atoms with E-state index >= 15 is 0 Å². The van der Waals surface area contributed by atoms with Gasteiger partial charge in [-0.25, -0.2) is 0 Å². The standard InChI is InChI=1S/C16H23N.C3H8/c1-7-14(5)17(6)16(8-2)15-10-9-12(3)11-13(15)4;1-3-2/h8-11H,5,7H2,1-4,6H3;3H2,1-2H3/b16-8-;. The summed E-state index contributed by atoms with van der Waals surface area (Å²) in [6.07, 6.45) is 4.37. The molecule has 0 saturated heterocycles. The third kappa shape index (κ3) is 5.24. The van der Waals surface area contributed by atoms with E-state index in [1.54, 1.807) is 0 Å². The summed E-state index contributed by atoms with van der Waals surface area (Å²) in [5.41, 5.74) is 6.27. The molecule has 0 radical (unpaired) electrons. The van der Waals surface area contributed by atoms with Crippen LogP contribution in [0.4, 0.5) is 0 Å². The van der Waals surface area contributed by atoms with Gasteiger partial charge in [-0.05, 0) is 32.8 Å². The Bertz CT molecular complexity index is 455. The number of hydrogen-bond acceptors (Lipinski definition) is 1. The van der Waals surface area contributed by atoms with Crippen LogP contribution < -0.4 is 0 Å². The summed E-state index contributed by atoms with van der Waals surface area (Å²) in [6.45, 7) is 16.8. The predicted octanol–water partition coefficient (Wildman–Crippen LogP) is 5.94. The number of nitrogens with zero attached hydrogens (tertiary/aromatic N) is 1. The van der Waals surface area contributed by atoms with Gasteiger partial charge in [0.1, 0.15) is 0 Å². The van der Waals surface area contributed by atoms with Gasteiger partial charge < -0.3 is 4.90 Å². The molecule has 1 aromatic carbocycles. The Balaban J connectivity index is 0.00000110. The Morgan fingerprint density at radius 3 is 2.15 bits per heavy atom. The summed E-state index contributed by atoms with van der Waals surface area (Å²) in [4.78, 5) is 2.18. The van der Waals surface area contributed by atoms with Crippen LogP contribution in [0.25, 0.3) is 5.70 Å². The van der Waals surface area contributed by atoms with Gasteiger partial charge in [0, 0.05) is 24.0 Å². The fourth-order valence-corrected chi connectivity index (χ4v) is 2.04. The van der Waals surface area contributed by atoms with Gasteiger partial charge >= 0.3 is 0 Å². The first kappa shape index (κ1) is 18.5. The second-order valence-electron chi connectivity index (χ2n) is 5.18. The van der Waals surface area contributed by atoms with Crippen LogP contribution >= 0.6 is 0 Å². The first-order valence-corrected chi connectivity index (χ1v) is 7.58. The number of rotatable bonds is 4. The maximum absolute atomic E-state index is 4.10. The molecule has 0 atom stereocenters. The average molecular weight is 273 g/mol. The quantitative estimate of drug-likeness (QED) is 0.656. The van der Waals surface area contributed by atoms with E-state index < -0.39 is 0 Å². The van der Waals surface area contributed by atoms with Crippen LogP contribution in [0.2, 0.25) is 0 Å². The second-order valence-corrected chi connectivity index (χ2v) is 5.18. The third-order valence-electron chi connectivity index (χ3n) is 3.18. The highest BCUT2D eigenvalue weighted by Gasteiger charge is 2.10. The van der Waals surface area contributed by atoms with Crippen molar-refractivity contribution < 1.29 is 0 Å². The highest BCUT2D eigenvalue weighted by atomic mass is 15.1. The smallest absolute Gasteiger partial charge is 0.0438 e. The molecule has 0 aliphatic carbocycles. The molecule has 1 rings (SSSR count). The van der Waals surface area contributed by atoms with E-state index in [1.165, 1.54) is 28.8 Å². The minimum Gasteiger partial charge on any atom is -0.349 e. The summed E-state index contributed by atoms with van der Waals surface area (Å²) < 4.78 is 0. The Kier molecular flexibility index (Phi) is 8.71. The van der Waals surface area contributed by atoms with Crippen molar-refractivity contribution in [1.29, 1.82) is 0 Å². The highest BCUT2D eigenvalue weighted by Crippen LogP contribution is 2.25. The topological polar surface area (TPSA) is 3.24 Å². The van der Waals surface area contributed by atoms with Crippen molar-refractivity contribution in [2.45, 2.75) is 54.4 Å². The molecule has 0 fully saturated rings. The van der Waals surface area contributed by atoms with Gasteiger partial charge in [-0.15, -0.1) is 0 Å². The molecule has 112 valence electrons. The molecule has 0 heterocycles. The minimum absolute atomic E-state index is 0.971. The number of benzene rings is 1. The molecule has 0 aliphatic heterocycles. The van der Waals surface area contributed by atoms with E-state index in [4.69, 9.17) is 0 Å². The largest absolute Gasteiger partial charge is 0.349 e.